The highest BCUT2D eigenvalue weighted by molar-refractivity contribution is 7.99. The molecule has 3 saturated heterocycles. The zero-order valence-corrected chi connectivity index (χ0v) is 20.7. The molecular weight excluding hydrogens is 400 g/mol. The molecule has 0 aromatic rings. The molecular formula is C23H44N2O2S2. The normalized spacial score (nSPS) is 36.9. The van der Waals surface area contributed by atoms with Crippen LogP contribution in [-0.2, 0) is 9.84 Å². The zero-order valence-electron chi connectivity index (χ0n) is 19.0. The van der Waals surface area contributed by atoms with Gasteiger partial charge in [-0.25, -0.2) is 8.42 Å². The lowest BCUT2D eigenvalue weighted by molar-refractivity contribution is -0.00182. The topological polar surface area (TPSA) is 40.6 Å². The van der Waals surface area contributed by atoms with Gasteiger partial charge in [0.1, 0.15) is 0 Å². The Kier molecular flexibility index (Phi) is 9.21. The van der Waals surface area contributed by atoms with Crippen molar-refractivity contribution in [1.82, 2.24) is 9.80 Å². The highest BCUT2D eigenvalue weighted by atomic mass is 32.2. The fourth-order valence-corrected chi connectivity index (χ4v) is 9.16. The summed E-state index contributed by atoms with van der Waals surface area (Å²) < 4.78 is 23.8. The van der Waals surface area contributed by atoms with Gasteiger partial charge in [0.15, 0.2) is 9.84 Å². The molecule has 0 aromatic carbocycles. The third kappa shape index (κ3) is 6.60. The van der Waals surface area contributed by atoms with Gasteiger partial charge in [0, 0.05) is 24.4 Å². The molecule has 3 aliphatic heterocycles. The first kappa shape index (κ1) is 23.9. The summed E-state index contributed by atoms with van der Waals surface area (Å²) in [6.07, 6.45) is 10.1. The van der Waals surface area contributed by atoms with E-state index in [-0.39, 0.29) is 0 Å². The number of nitrogens with zero attached hydrogens (tertiary/aromatic N) is 2. The minimum absolute atomic E-state index is 0.383. The largest absolute Gasteiger partial charge is 0.302 e. The lowest BCUT2D eigenvalue weighted by Gasteiger charge is -2.50. The van der Waals surface area contributed by atoms with Crippen molar-refractivity contribution in [3.8, 4) is 0 Å². The Balaban J connectivity index is 1.54. The Bertz CT molecular complexity index is 598. The van der Waals surface area contributed by atoms with E-state index < -0.39 is 9.84 Å². The highest BCUT2D eigenvalue weighted by Crippen LogP contribution is 2.36. The first-order valence-corrected chi connectivity index (χ1v) is 15.1. The van der Waals surface area contributed by atoms with Gasteiger partial charge in [0.25, 0.3) is 0 Å². The van der Waals surface area contributed by atoms with Gasteiger partial charge in [0.05, 0.1) is 11.5 Å². The van der Waals surface area contributed by atoms with Crippen LogP contribution < -0.4 is 0 Å². The first-order valence-electron chi connectivity index (χ1n) is 12.2. The van der Waals surface area contributed by atoms with Gasteiger partial charge < -0.3 is 4.90 Å². The standard InChI is InChI=1S/C23H44N2O2S2/c1-4-19-10-12-24(3)22(16-19)23-21(5-2)9-6-11-25(23)13-14-28-17-20-8-7-15-29(26,27)18-20/h19-23H,4-18H2,1-3H3. The summed E-state index contributed by atoms with van der Waals surface area (Å²) in [7, 11) is -0.411. The summed E-state index contributed by atoms with van der Waals surface area (Å²) >= 11 is 2.00. The average Bonchev–Trinajstić information content (AvgIpc) is 2.71. The molecule has 0 aromatic heterocycles. The van der Waals surface area contributed by atoms with Gasteiger partial charge in [-0.15, -0.1) is 0 Å². The Morgan fingerprint density at radius 1 is 1.00 bits per heavy atom. The summed E-state index contributed by atoms with van der Waals surface area (Å²) in [6.45, 7) is 8.44. The van der Waals surface area contributed by atoms with Crippen molar-refractivity contribution in [2.75, 3.05) is 49.7 Å². The summed E-state index contributed by atoms with van der Waals surface area (Å²) in [6, 6.07) is 1.43. The monoisotopic (exact) mass is 444 g/mol. The lowest BCUT2D eigenvalue weighted by atomic mass is 9.77. The number of sulfone groups is 1. The molecule has 5 atom stereocenters. The second-order valence-electron chi connectivity index (χ2n) is 9.88. The van der Waals surface area contributed by atoms with Crippen LogP contribution >= 0.6 is 11.8 Å². The van der Waals surface area contributed by atoms with Crippen LogP contribution in [-0.4, -0.2) is 80.0 Å². The molecule has 0 amide bonds. The fourth-order valence-electron chi connectivity index (χ4n) is 6.08. The fraction of sp³-hybridized carbons (Fsp3) is 1.00. The van der Waals surface area contributed by atoms with E-state index in [0.29, 0.717) is 29.5 Å². The zero-order chi connectivity index (χ0) is 20.9. The Morgan fingerprint density at radius 2 is 1.83 bits per heavy atom. The van der Waals surface area contributed by atoms with Gasteiger partial charge in [-0.3, -0.25) is 4.90 Å². The van der Waals surface area contributed by atoms with E-state index >= 15 is 0 Å². The van der Waals surface area contributed by atoms with E-state index in [1.165, 1.54) is 58.2 Å². The Morgan fingerprint density at radius 3 is 2.55 bits per heavy atom. The van der Waals surface area contributed by atoms with E-state index in [9.17, 15) is 8.42 Å². The molecule has 3 fully saturated rings. The van der Waals surface area contributed by atoms with Crippen molar-refractivity contribution in [3.63, 3.8) is 0 Å². The van der Waals surface area contributed by atoms with E-state index in [1.807, 2.05) is 11.8 Å². The molecule has 3 heterocycles. The van der Waals surface area contributed by atoms with Gasteiger partial charge in [-0.1, -0.05) is 26.7 Å². The molecule has 0 N–H and O–H groups in total. The Labute approximate surface area is 184 Å². The quantitative estimate of drug-likeness (QED) is 0.526. The summed E-state index contributed by atoms with van der Waals surface area (Å²) in [5, 5.41) is 0. The number of hydrogen-bond acceptors (Lipinski definition) is 5. The van der Waals surface area contributed by atoms with Crippen molar-refractivity contribution in [3.05, 3.63) is 0 Å². The molecule has 0 radical (unpaired) electrons. The third-order valence-corrected chi connectivity index (χ3v) is 11.0. The van der Waals surface area contributed by atoms with Gasteiger partial charge in [-0.2, -0.15) is 11.8 Å². The SMILES string of the molecule is CCC1CCN(C)C(C2C(CC)CCCN2CCSCC2CCCS(=O)(=O)C2)C1. The second kappa shape index (κ2) is 11.2. The molecule has 170 valence electrons. The van der Waals surface area contributed by atoms with Crippen LogP contribution in [0.1, 0.15) is 65.2 Å². The van der Waals surface area contributed by atoms with Crippen LogP contribution in [0, 0.1) is 17.8 Å². The van der Waals surface area contributed by atoms with Crippen LogP contribution in [0.5, 0.6) is 0 Å². The van der Waals surface area contributed by atoms with Crippen LogP contribution in [0.25, 0.3) is 0 Å². The second-order valence-corrected chi connectivity index (χ2v) is 13.3. The molecule has 0 bridgehead atoms. The number of thioether (sulfide) groups is 1. The van der Waals surface area contributed by atoms with E-state index in [0.717, 1.165) is 36.2 Å². The van der Waals surface area contributed by atoms with Crippen molar-refractivity contribution < 1.29 is 8.42 Å². The summed E-state index contributed by atoms with van der Waals surface area (Å²) in [5.41, 5.74) is 0. The van der Waals surface area contributed by atoms with Gasteiger partial charge in [-0.05, 0) is 82.2 Å². The number of piperidine rings is 2. The maximum atomic E-state index is 11.9. The van der Waals surface area contributed by atoms with E-state index in [2.05, 4.69) is 30.7 Å². The molecule has 3 rings (SSSR count). The number of rotatable bonds is 8. The minimum Gasteiger partial charge on any atom is -0.302 e. The molecule has 29 heavy (non-hydrogen) atoms. The highest BCUT2D eigenvalue weighted by Gasteiger charge is 2.40. The number of hydrogen-bond donors (Lipinski definition) is 0. The first-order chi connectivity index (χ1) is 13.9. The van der Waals surface area contributed by atoms with Crippen molar-refractivity contribution in [2.45, 2.75) is 77.3 Å². The molecule has 0 spiro atoms. The van der Waals surface area contributed by atoms with Crippen molar-refractivity contribution in [1.29, 1.82) is 0 Å². The van der Waals surface area contributed by atoms with E-state index in [4.69, 9.17) is 0 Å². The predicted molar refractivity (Wildman–Crippen MR) is 127 cm³/mol. The van der Waals surface area contributed by atoms with Crippen molar-refractivity contribution >= 4 is 21.6 Å². The van der Waals surface area contributed by atoms with Gasteiger partial charge in [0.2, 0.25) is 0 Å². The van der Waals surface area contributed by atoms with Gasteiger partial charge >= 0.3 is 0 Å². The Hall–Kier alpha value is 0.220. The third-order valence-electron chi connectivity index (χ3n) is 7.89. The number of likely N-dealkylation sites (N-methyl/N-ethyl adjacent to an activating group) is 1. The minimum atomic E-state index is -2.77. The summed E-state index contributed by atoms with van der Waals surface area (Å²) in [4.78, 5) is 5.49. The molecule has 0 aliphatic carbocycles. The maximum absolute atomic E-state index is 11.9. The molecule has 3 aliphatic rings. The molecule has 4 nitrogen and oxygen atoms in total. The average molecular weight is 445 g/mol. The smallest absolute Gasteiger partial charge is 0.150 e. The molecule has 5 unspecified atom stereocenters. The molecule has 6 heteroatoms. The van der Waals surface area contributed by atoms with Crippen LogP contribution in [0.3, 0.4) is 0 Å². The maximum Gasteiger partial charge on any atom is 0.150 e. The van der Waals surface area contributed by atoms with Crippen molar-refractivity contribution in [2.24, 2.45) is 17.8 Å². The van der Waals surface area contributed by atoms with Crippen LogP contribution in [0.15, 0.2) is 0 Å². The summed E-state index contributed by atoms with van der Waals surface area (Å²) in [5.74, 6) is 5.13. The predicted octanol–water partition coefficient (Wildman–Crippen LogP) is 4.16. The number of likely N-dealkylation sites (tertiary alicyclic amines) is 2. The molecule has 0 saturated carbocycles. The van der Waals surface area contributed by atoms with Crippen LogP contribution in [0.2, 0.25) is 0 Å². The van der Waals surface area contributed by atoms with Crippen LogP contribution in [0.4, 0.5) is 0 Å². The lowest BCUT2D eigenvalue weighted by Crippen LogP contribution is -2.59. The van der Waals surface area contributed by atoms with E-state index in [1.54, 1.807) is 0 Å².